The second-order valence-electron chi connectivity index (χ2n) is 33.8. The predicted octanol–water partition coefficient (Wildman–Crippen LogP) is 35.5. The molecule has 0 radical (unpaired) electrons. The van der Waals surface area contributed by atoms with Crippen molar-refractivity contribution in [3.63, 3.8) is 0 Å². The third-order valence-electron chi connectivity index (χ3n) is 23.8. The topological polar surface area (TPSA) is 317 Å². The summed E-state index contributed by atoms with van der Waals surface area (Å²) in [6.07, 6.45) is 9.95. The van der Waals surface area contributed by atoms with Crippen molar-refractivity contribution in [2.24, 2.45) is 0 Å². The zero-order chi connectivity index (χ0) is 108. The van der Waals surface area contributed by atoms with E-state index in [1.54, 1.807) is 6.92 Å². The van der Waals surface area contributed by atoms with Gasteiger partial charge in [0, 0.05) is 268 Å². The Labute approximate surface area is 980 Å². The van der Waals surface area contributed by atoms with Crippen LogP contribution in [0.5, 0.6) is 0 Å². The number of allylic oxidation sites excluding steroid dienone is 2. The quantitative estimate of drug-likeness (QED) is 0.0197. The number of aliphatic hydroxyl groups is 3. The van der Waals surface area contributed by atoms with Gasteiger partial charge in [-0.2, -0.15) is 0 Å². The number of ketones is 1. The number of carboxylic acids is 2. The molecular weight excluding hydrogens is 3030 g/mol. The molecule has 0 amide bonds. The van der Waals surface area contributed by atoms with E-state index in [-0.39, 0.29) is 32.0 Å². The maximum atomic E-state index is 11.3. The van der Waals surface area contributed by atoms with Crippen LogP contribution in [-0.4, -0.2) is 100 Å². The molecule has 21 aromatic rings. The van der Waals surface area contributed by atoms with Gasteiger partial charge in [-0.1, -0.05) is 253 Å². The summed E-state index contributed by atoms with van der Waals surface area (Å²) < 4.78 is 87.3. The molecule has 1 unspecified atom stereocenters. The number of aryl methyl sites for hydroxylation is 5. The molecule has 0 spiro atoms. The van der Waals surface area contributed by atoms with E-state index in [0.717, 1.165) is 155 Å². The van der Waals surface area contributed by atoms with Crippen LogP contribution in [0.25, 0.3) is 153 Å². The van der Waals surface area contributed by atoms with Gasteiger partial charge in [0.05, 0.1) is 12.7 Å². The molecule has 1 atom stereocenters. The zero-order valence-corrected chi connectivity index (χ0v) is 105. The van der Waals surface area contributed by atoms with E-state index in [2.05, 4.69) is 434 Å². The molecule has 22 nitrogen and oxygen atoms in total. The van der Waals surface area contributed by atoms with Crippen LogP contribution in [0.15, 0.2) is 344 Å². The van der Waals surface area contributed by atoms with Gasteiger partial charge < -0.3 is 57.9 Å². The van der Waals surface area contributed by atoms with Gasteiger partial charge in [0.1, 0.15) is 12.3 Å². The monoisotopic (exact) mass is 3110 g/mol. The van der Waals surface area contributed by atoms with Gasteiger partial charge in [-0.05, 0) is 295 Å². The fraction of sp³-hybridized carbons (Fsp3) is 0.180. The van der Waals surface area contributed by atoms with Gasteiger partial charge in [-0.15, -0.1) is 13.2 Å². The molecule has 14 aromatic carbocycles. The Kier molecular flexibility index (Phi) is 45.8. The number of rotatable bonds is 23. The first-order valence-corrected chi connectivity index (χ1v) is 63.2. The van der Waals surface area contributed by atoms with Crippen LogP contribution in [0.3, 0.4) is 0 Å². The molecule has 0 aliphatic rings. The average Bonchev–Trinajstić information content (AvgIpc) is 1.61. The Balaban J connectivity index is 0.000000151. The molecule has 776 valence electrons. The van der Waals surface area contributed by atoms with Gasteiger partial charge in [-0.3, -0.25) is 14.4 Å². The summed E-state index contributed by atoms with van der Waals surface area (Å²) in [6, 6.07) is 89.7. The Morgan fingerprint density at radius 1 is 0.329 bits per heavy atom. The Hall–Kier alpha value is -7.86. The molecule has 0 aliphatic carbocycles. The van der Waals surface area contributed by atoms with Gasteiger partial charge in [0.2, 0.25) is 0 Å². The van der Waals surface area contributed by atoms with Crippen molar-refractivity contribution in [3.8, 4) is 0 Å². The van der Waals surface area contributed by atoms with E-state index in [9.17, 15) is 19.5 Å². The summed E-state index contributed by atoms with van der Waals surface area (Å²) in [5, 5.41) is 63.3. The predicted molar refractivity (Wildman–Crippen MR) is 639 cm³/mol. The number of aromatic nitrogens is 7. The molecule has 149 heavy (non-hydrogen) atoms. The van der Waals surface area contributed by atoms with E-state index >= 15 is 0 Å². The van der Waals surface area contributed by atoms with Crippen molar-refractivity contribution in [3.05, 3.63) is 344 Å². The number of unbranched alkanes of at least 4 members (excludes halogenated alkanes) is 2. The average molecular weight is 3130 g/mol. The van der Waals surface area contributed by atoms with Crippen molar-refractivity contribution >= 4 is 393 Å². The van der Waals surface area contributed by atoms with Crippen LogP contribution in [0.2, 0.25) is 0 Å². The van der Waals surface area contributed by atoms with Crippen molar-refractivity contribution in [1.29, 1.82) is 0 Å². The Morgan fingerprint density at radius 3 is 0.839 bits per heavy atom. The van der Waals surface area contributed by atoms with Crippen molar-refractivity contribution in [2.75, 3.05) is 18.5 Å². The number of aliphatic hydroxyl groups excluding tert-OH is 3. The first-order chi connectivity index (χ1) is 71.2. The Morgan fingerprint density at radius 2 is 0.577 bits per heavy atom. The fourth-order valence-electron chi connectivity index (χ4n) is 17.5. The van der Waals surface area contributed by atoms with Crippen molar-refractivity contribution in [1.82, 2.24) is 32.4 Å². The summed E-state index contributed by atoms with van der Waals surface area (Å²) in [5.74, 6) is -1.35. The SMILES string of the molecule is Brc1ccc2[nH]c3ccc(Br)cc3c2c1.C=CCCBr.C=CCCn1c2ccc(Br)cc2c2cc(Br)ccc21.CC(=O)CCn1c2ccc(Br)cc2c2cc(Br)ccc21.O=C(O)CCCCn1c2ccc(Br)cc2c2cc(Br)ccc21.O=C(O)Cn1c2ccc(Br)cc2c2cc(Br)ccc21.OCC(O)CCn1c2ccccc2c2cc(Br)ccc21.OCCCCn1c2ccc(Br)cc2c2cc(Br)ccc21.[O]=[Cr](=[O])=[O].[O]=[Os](=[O])(=[O])=[O]. The number of carbonyl (C=O) groups is 3. The number of benzene rings is 14. The molecule has 0 fully saturated rings. The summed E-state index contributed by atoms with van der Waals surface area (Å²) in [6.45, 7) is 13.1. The van der Waals surface area contributed by atoms with Crippen LogP contribution in [-0.2, 0) is 108 Å². The number of nitrogens with zero attached hydrogens (tertiary/aromatic N) is 6. The zero-order valence-electron chi connectivity index (χ0n) is 79.3. The molecule has 0 saturated heterocycles. The first kappa shape index (κ1) is 120. The number of alkyl halides is 1. The van der Waals surface area contributed by atoms with Crippen LogP contribution in [0.1, 0.15) is 64.7 Å². The molecule has 0 saturated carbocycles. The number of hydrogen-bond acceptors (Lipinski definition) is 13. The van der Waals surface area contributed by atoms with Crippen LogP contribution in [0.4, 0.5) is 0 Å². The van der Waals surface area contributed by atoms with E-state index in [0.29, 0.717) is 25.8 Å². The molecule has 0 aliphatic heterocycles. The van der Waals surface area contributed by atoms with Gasteiger partial charge >= 0.3 is 66.3 Å². The maximum absolute atomic E-state index is 11.3. The Bertz CT molecular complexity index is 8570. The normalized spacial score (nSPS) is 11.3. The van der Waals surface area contributed by atoms with Gasteiger partial charge in [-0.25, -0.2) is 0 Å². The van der Waals surface area contributed by atoms with E-state index in [4.69, 9.17) is 46.0 Å². The number of carboxylic acid groups (broad SMARTS) is 2. The number of H-pyrrole nitrogens is 1. The van der Waals surface area contributed by atoms with Crippen molar-refractivity contribution < 1.29 is 94.3 Å². The fourth-order valence-corrected chi connectivity index (χ4v) is 22.5. The molecule has 7 heterocycles. The summed E-state index contributed by atoms with van der Waals surface area (Å²) in [7, 11) is 0. The number of nitrogens with one attached hydrogen (secondary N) is 1. The van der Waals surface area contributed by atoms with E-state index in [1.165, 1.54) is 120 Å². The van der Waals surface area contributed by atoms with Crippen LogP contribution >= 0.6 is 223 Å². The molecule has 7 aromatic heterocycles. The van der Waals surface area contributed by atoms with Crippen LogP contribution < -0.4 is 0 Å². The van der Waals surface area contributed by atoms with Gasteiger partial charge in [0.25, 0.3) is 0 Å². The molecule has 6 N–H and O–H groups in total. The number of halogens is 14. The summed E-state index contributed by atoms with van der Waals surface area (Å²) in [5.41, 5.74) is 16.3. The third-order valence-corrected chi connectivity index (χ3v) is 30.6. The standard InChI is InChI=1S/C17H15Br2NO2.C16H13Br2NO.C16H15Br2NO.C16H13Br2N.C16H16BrNO2.C14H9Br2NO2.C12H7Br2N.C4H7Br.Cr.7O.Os/c18-11-4-6-15-13(9-11)14-10-12(19)5-7-16(14)20(15)8-2-1-3-17(21)22;1-10(20)6-7-19-15-4-2-11(17)8-13(15)14-9-12(18)3-5-16(14)19;17-11-3-5-15-13(9-11)14-10-12(18)4-6-16(14)19(15)7-1-2-8-20;1-2-3-8-19-15-6-4-11(17)9-13(15)14-10-12(18)5-7-16(14)19;17-11-5-6-16-14(9-11)13-3-1-2-4-15(13)18(16)8-7-12(20)10-19;15-8-1-3-12-10(5-8)11-6-9(16)2-4-13(11)17(12)7-14(18)19;13-7-1-3-11-9(5-7)10-6-8(14)2-4-12(10)15-11;1-2-3-4-5;;;;;;;;;/h4-7,9-10H,1-3,8H2,(H,21,22);2-5,8-9H,6-7H2,1H3;3-6,9-10,20H,1-2,7-8H2;2,4-7,9-10H,1,3,8H2;1-6,9,12,19-20H,7-8,10H2;1-6H,7H2,(H,18,19);1-6,15H;2H,1,3-4H2;;;;;;;;;. The number of aromatic amines is 1. The van der Waals surface area contributed by atoms with E-state index in [1.807, 2.05) is 108 Å². The number of carbonyl (C=O) groups excluding carboxylic acids is 1. The number of para-hydroxylation sites is 1. The third kappa shape index (κ3) is 32.7. The first-order valence-electron chi connectivity index (χ1n) is 46.0. The molecular formula is C111H95Br14CrN7O15Os. The number of aliphatic carboxylic acids is 2. The summed E-state index contributed by atoms with van der Waals surface area (Å²) >= 11 is 39.2. The molecule has 38 heteroatoms. The number of hydrogen-bond donors (Lipinski definition) is 6. The second-order valence-corrected chi connectivity index (χ2v) is 49.7. The number of Topliss-reactive ketones (excluding diaryl/α,β-unsaturated/α-hetero) is 1. The molecule has 0 bridgehead atoms. The van der Waals surface area contributed by atoms with Gasteiger partial charge in [0.15, 0.2) is 0 Å². The second kappa shape index (κ2) is 57.0. The van der Waals surface area contributed by atoms with E-state index < -0.39 is 46.8 Å². The molecule has 21 rings (SSSR count). The minimum absolute atomic E-state index is 0.0384. The number of fused-ring (bicyclic) bond motifs is 21. The van der Waals surface area contributed by atoms with Crippen molar-refractivity contribution in [2.45, 2.75) is 110 Å². The minimum atomic E-state index is -6.06. The summed E-state index contributed by atoms with van der Waals surface area (Å²) in [4.78, 5) is 36.4. The van der Waals surface area contributed by atoms with Crippen LogP contribution in [0, 0.1) is 0 Å².